The van der Waals surface area contributed by atoms with Crippen LogP contribution >= 0.6 is 34.7 Å². The van der Waals surface area contributed by atoms with Gasteiger partial charge in [-0.05, 0) is 49.1 Å². The van der Waals surface area contributed by atoms with Gasteiger partial charge in [-0.25, -0.2) is 0 Å². The van der Waals surface area contributed by atoms with Crippen LogP contribution in [0.1, 0.15) is 35.5 Å². The summed E-state index contributed by atoms with van der Waals surface area (Å²) in [7, 11) is 1.96. The Balaban J connectivity index is 2.19. The lowest BCUT2D eigenvalue weighted by atomic mass is 10.0. The van der Waals surface area contributed by atoms with Gasteiger partial charge in [-0.1, -0.05) is 47.1 Å². The molecule has 0 spiro atoms. The maximum absolute atomic E-state index is 6.07. The van der Waals surface area contributed by atoms with Crippen LogP contribution in [0.5, 0.6) is 0 Å². The first-order valence-corrected chi connectivity index (χ1v) is 8.11. The van der Waals surface area contributed by atoms with Gasteiger partial charge in [-0.3, -0.25) is 0 Å². The number of benzene rings is 1. The summed E-state index contributed by atoms with van der Waals surface area (Å²) >= 11 is 13.5. The summed E-state index contributed by atoms with van der Waals surface area (Å²) in [6.45, 7) is 2.15. The van der Waals surface area contributed by atoms with Gasteiger partial charge in [-0.2, -0.15) is 0 Å². The van der Waals surface area contributed by atoms with Gasteiger partial charge < -0.3 is 5.32 Å². The lowest BCUT2D eigenvalue weighted by Crippen LogP contribution is -2.19. The smallest absolute Gasteiger partial charge is 0.0803 e. The molecule has 0 aliphatic heterocycles. The van der Waals surface area contributed by atoms with Crippen LogP contribution in [0.2, 0.25) is 10.0 Å². The quantitative estimate of drug-likeness (QED) is 0.858. The maximum atomic E-state index is 6.07. The molecule has 2 rings (SSSR count). The van der Waals surface area contributed by atoms with E-state index in [0.29, 0.717) is 10.0 Å². The minimum Gasteiger partial charge on any atom is -0.312 e. The molecule has 108 valence electrons. The summed E-state index contributed by atoms with van der Waals surface area (Å²) in [5.41, 5.74) is 2.24. The van der Waals surface area contributed by atoms with E-state index in [1.807, 2.05) is 25.2 Å². The third-order valence-electron chi connectivity index (χ3n) is 3.16. The monoisotopic (exact) mass is 329 g/mol. The molecule has 0 amide bonds. The Morgan fingerprint density at radius 1 is 1.30 bits per heavy atom. The number of aromatic nitrogens is 2. The number of hydrogen-bond donors (Lipinski definition) is 1. The van der Waals surface area contributed by atoms with Crippen LogP contribution in [0.25, 0.3) is 0 Å². The van der Waals surface area contributed by atoms with Gasteiger partial charge in [0.2, 0.25) is 0 Å². The molecule has 0 saturated carbocycles. The topological polar surface area (TPSA) is 37.8 Å². The van der Waals surface area contributed by atoms with Crippen LogP contribution in [-0.4, -0.2) is 16.6 Å². The zero-order chi connectivity index (χ0) is 14.5. The number of likely N-dealkylation sites (N-methyl/N-ethyl adjacent to an activating group) is 1. The lowest BCUT2D eigenvalue weighted by molar-refractivity contribution is 0.593. The lowest BCUT2D eigenvalue weighted by Gasteiger charge is -2.15. The third kappa shape index (κ3) is 3.70. The minimum atomic E-state index is 0.203. The van der Waals surface area contributed by atoms with Crippen molar-refractivity contribution in [1.82, 2.24) is 14.9 Å². The second-order valence-corrected chi connectivity index (χ2v) is 6.23. The molecule has 2 aromatic rings. The van der Waals surface area contributed by atoms with Gasteiger partial charge in [0.1, 0.15) is 0 Å². The van der Waals surface area contributed by atoms with Crippen molar-refractivity contribution in [3.63, 3.8) is 0 Å². The van der Waals surface area contributed by atoms with E-state index in [1.165, 1.54) is 16.4 Å². The fourth-order valence-electron chi connectivity index (χ4n) is 2.12. The zero-order valence-corrected chi connectivity index (χ0v) is 13.8. The second kappa shape index (κ2) is 7.36. The van der Waals surface area contributed by atoms with Gasteiger partial charge in [0.15, 0.2) is 0 Å². The fourth-order valence-corrected chi connectivity index (χ4v) is 3.24. The van der Waals surface area contributed by atoms with E-state index in [1.54, 1.807) is 0 Å². The van der Waals surface area contributed by atoms with Crippen LogP contribution in [0.15, 0.2) is 18.2 Å². The van der Waals surface area contributed by atoms with Crippen molar-refractivity contribution in [2.24, 2.45) is 0 Å². The van der Waals surface area contributed by atoms with Gasteiger partial charge in [0, 0.05) is 6.04 Å². The van der Waals surface area contributed by atoms with Gasteiger partial charge in [0.25, 0.3) is 0 Å². The molecular formula is C14H17Cl2N3S. The summed E-state index contributed by atoms with van der Waals surface area (Å²) in [6.07, 6.45) is 2.88. The van der Waals surface area contributed by atoms with Crippen LogP contribution in [0, 0.1) is 0 Å². The van der Waals surface area contributed by atoms with Crippen molar-refractivity contribution in [1.29, 1.82) is 0 Å². The Morgan fingerprint density at radius 2 is 2.10 bits per heavy atom. The molecule has 1 aromatic carbocycles. The Labute approximate surface area is 133 Å². The normalized spacial score (nSPS) is 12.6. The Bertz CT molecular complexity index is 571. The van der Waals surface area contributed by atoms with Crippen molar-refractivity contribution >= 4 is 34.7 Å². The molecule has 20 heavy (non-hydrogen) atoms. The molecule has 0 fully saturated rings. The van der Waals surface area contributed by atoms with E-state index < -0.39 is 0 Å². The summed E-state index contributed by atoms with van der Waals surface area (Å²) in [4.78, 5) is 1.21. The fraction of sp³-hybridized carbons (Fsp3) is 0.429. The Kier molecular flexibility index (Phi) is 5.78. The molecule has 1 N–H and O–H groups in total. The van der Waals surface area contributed by atoms with Crippen LogP contribution in [0.3, 0.4) is 0 Å². The molecule has 0 aliphatic carbocycles. The highest BCUT2D eigenvalue weighted by Crippen LogP contribution is 2.28. The molecule has 1 atom stereocenters. The van der Waals surface area contributed by atoms with Crippen molar-refractivity contribution < 1.29 is 0 Å². The molecule has 0 radical (unpaired) electrons. The standard InChI is InChI=1S/C14H17Cl2N3S/c1-3-4-12-14(20-19-18-12)13(17-2)8-9-5-6-10(15)11(16)7-9/h5-7,13,17H,3-4,8H2,1-2H3. The second-order valence-electron chi connectivity index (χ2n) is 4.63. The molecule has 6 heteroatoms. The minimum absolute atomic E-state index is 0.203. The van der Waals surface area contributed by atoms with E-state index in [9.17, 15) is 0 Å². The number of nitrogens with one attached hydrogen (secondary N) is 1. The van der Waals surface area contributed by atoms with Crippen LogP contribution in [0.4, 0.5) is 0 Å². The highest BCUT2D eigenvalue weighted by molar-refractivity contribution is 7.05. The van der Waals surface area contributed by atoms with Crippen molar-refractivity contribution in [3.05, 3.63) is 44.4 Å². The molecule has 0 aliphatic rings. The van der Waals surface area contributed by atoms with Gasteiger partial charge in [0.05, 0.1) is 20.6 Å². The molecular weight excluding hydrogens is 313 g/mol. The number of hydrogen-bond acceptors (Lipinski definition) is 4. The third-order valence-corrected chi connectivity index (χ3v) is 4.78. The number of halogens is 2. The molecule has 0 bridgehead atoms. The first kappa shape index (κ1) is 15.7. The van der Waals surface area contributed by atoms with Crippen molar-refractivity contribution in [3.8, 4) is 0 Å². The molecule has 3 nitrogen and oxygen atoms in total. The number of nitrogens with zero attached hydrogens (tertiary/aromatic N) is 2. The zero-order valence-electron chi connectivity index (χ0n) is 11.5. The maximum Gasteiger partial charge on any atom is 0.0803 e. The predicted octanol–water partition coefficient (Wildman–Crippen LogP) is 4.30. The summed E-state index contributed by atoms with van der Waals surface area (Å²) < 4.78 is 4.09. The van der Waals surface area contributed by atoms with E-state index in [4.69, 9.17) is 23.2 Å². The first-order valence-electron chi connectivity index (χ1n) is 6.58. The van der Waals surface area contributed by atoms with Gasteiger partial charge >= 0.3 is 0 Å². The van der Waals surface area contributed by atoms with E-state index in [0.717, 1.165) is 30.5 Å². The highest BCUT2D eigenvalue weighted by atomic mass is 35.5. The van der Waals surface area contributed by atoms with Crippen molar-refractivity contribution in [2.75, 3.05) is 7.05 Å². The van der Waals surface area contributed by atoms with Crippen LogP contribution in [-0.2, 0) is 12.8 Å². The average Bonchev–Trinajstić information content (AvgIpc) is 2.88. The summed E-state index contributed by atoms with van der Waals surface area (Å²) in [6, 6.07) is 5.97. The summed E-state index contributed by atoms with van der Waals surface area (Å²) in [5, 5.41) is 8.75. The number of rotatable bonds is 6. The molecule has 1 heterocycles. The highest BCUT2D eigenvalue weighted by Gasteiger charge is 2.18. The molecule has 1 aromatic heterocycles. The average molecular weight is 330 g/mol. The molecule has 0 saturated heterocycles. The van der Waals surface area contributed by atoms with Crippen LogP contribution < -0.4 is 5.32 Å². The Morgan fingerprint density at radius 3 is 2.75 bits per heavy atom. The van der Waals surface area contributed by atoms with Gasteiger partial charge in [-0.15, -0.1) is 5.10 Å². The van der Waals surface area contributed by atoms with E-state index in [-0.39, 0.29) is 6.04 Å². The predicted molar refractivity (Wildman–Crippen MR) is 85.9 cm³/mol. The summed E-state index contributed by atoms with van der Waals surface area (Å²) in [5.74, 6) is 0. The van der Waals surface area contributed by atoms with Crippen molar-refractivity contribution in [2.45, 2.75) is 32.2 Å². The molecule has 1 unspecified atom stereocenters. The van der Waals surface area contributed by atoms with E-state index in [2.05, 4.69) is 21.8 Å². The van der Waals surface area contributed by atoms with E-state index >= 15 is 0 Å². The number of aryl methyl sites for hydroxylation is 1. The Hall–Kier alpha value is -0.680. The first-order chi connectivity index (χ1) is 9.65. The largest absolute Gasteiger partial charge is 0.312 e. The SMILES string of the molecule is CCCc1nnsc1C(Cc1ccc(Cl)c(Cl)c1)NC.